The number of nitrogens with one attached hydrogen (secondary N) is 1. The first-order valence-electron chi connectivity index (χ1n) is 8.43. The topological polar surface area (TPSA) is 46.1 Å². The van der Waals surface area contributed by atoms with Crippen LogP contribution in [0, 0.1) is 13.8 Å². The average Bonchev–Trinajstić information content (AvgIpc) is 3.17. The second-order valence-electron chi connectivity index (χ2n) is 6.19. The van der Waals surface area contributed by atoms with Gasteiger partial charge in [0.2, 0.25) is 5.78 Å². The van der Waals surface area contributed by atoms with Gasteiger partial charge in [-0.25, -0.2) is 0 Å². The van der Waals surface area contributed by atoms with Crippen LogP contribution in [0.2, 0.25) is 0 Å². The number of carbonyl (C=O) groups is 1. The molecule has 1 aromatic carbocycles. The van der Waals surface area contributed by atoms with Crippen LogP contribution in [0.15, 0.2) is 71.6 Å². The van der Waals surface area contributed by atoms with E-state index in [-0.39, 0.29) is 5.78 Å². The quantitative estimate of drug-likeness (QED) is 0.411. The number of hydrogen-bond acceptors (Lipinski definition) is 3. The van der Waals surface area contributed by atoms with Crippen molar-refractivity contribution >= 4 is 23.0 Å². The molecule has 1 atom stereocenters. The Morgan fingerprint density at radius 3 is 2.54 bits per heavy atom. The Balaban J connectivity index is 1.88. The lowest BCUT2D eigenvalue weighted by Gasteiger charge is -2.15. The molecular formula is C21H21N2O2S+. The van der Waals surface area contributed by atoms with Gasteiger partial charge in [0.1, 0.15) is 5.76 Å². The van der Waals surface area contributed by atoms with Crippen LogP contribution in [0.4, 0.5) is 0 Å². The van der Waals surface area contributed by atoms with E-state index >= 15 is 0 Å². The normalized spacial score (nSPS) is 11.8. The molecular weight excluding hydrogens is 344 g/mol. The zero-order valence-corrected chi connectivity index (χ0v) is 15.6. The molecule has 4 nitrogen and oxygen atoms in total. The molecule has 0 saturated carbocycles. The third kappa shape index (κ3) is 4.06. The number of Topliss-reactive ketones (excluding diaryl/α,β-unsaturated/α-hetero) is 1. The number of ketones is 1. The Kier molecular flexibility index (Phi) is 5.58. The largest absolute Gasteiger partial charge is 0.467 e. The predicted octanol–water partition coefficient (Wildman–Crippen LogP) is 3.73. The summed E-state index contributed by atoms with van der Waals surface area (Å²) in [6, 6.07) is 14.5. The van der Waals surface area contributed by atoms with Crippen molar-refractivity contribution in [2.75, 3.05) is 0 Å². The van der Waals surface area contributed by atoms with Crippen molar-refractivity contribution in [3.63, 3.8) is 0 Å². The summed E-state index contributed by atoms with van der Waals surface area (Å²) in [6.45, 7) is 4.47. The molecule has 2 heterocycles. The molecule has 0 saturated heterocycles. The molecule has 0 aliphatic carbocycles. The van der Waals surface area contributed by atoms with Crippen LogP contribution >= 0.6 is 12.2 Å². The molecule has 0 aliphatic heterocycles. The van der Waals surface area contributed by atoms with Crippen molar-refractivity contribution in [1.82, 2.24) is 5.32 Å². The van der Waals surface area contributed by atoms with E-state index in [4.69, 9.17) is 16.6 Å². The zero-order chi connectivity index (χ0) is 18.5. The lowest BCUT2D eigenvalue weighted by molar-refractivity contribution is -0.692. The highest BCUT2D eigenvalue weighted by Gasteiger charge is 2.33. The van der Waals surface area contributed by atoms with Gasteiger partial charge < -0.3 is 9.73 Å². The predicted molar refractivity (Wildman–Crippen MR) is 104 cm³/mol. The second kappa shape index (κ2) is 8.06. The van der Waals surface area contributed by atoms with Crippen LogP contribution in [0.1, 0.15) is 33.3 Å². The fourth-order valence-corrected chi connectivity index (χ4v) is 3.01. The standard InChI is InChI=1S/C21H20N2O2S/c1-15-8-9-17(13-16(15)2)20(24)19(23-10-4-3-5-11-23)21(26)22-14-18-7-6-12-25-18/h3-13,19H,14H2,1-2H3/p+1/t19-/m1/s1. The number of carbonyl (C=O) groups excluding carboxylic acids is 1. The fourth-order valence-electron chi connectivity index (χ4n) is 2.71. The molecule has 132 valence electrons. The second-order valence-corrected chi connectivity index (χ2v) is 6.63. The Hall–Kier alpha value is -2.79. The molecule has 1 N–H and O–H groups in total. The van der Waals surface area contributed by atoms with Gasteiger partial charge in [-0.15, -0.1) is 0 Å². The number of aromatic nitrogens is 1. The van der Waals surface area contributed by atoms with E-state index in [9.17, 15) is 4.79 Å². The molecule has 3 aromatic rings. The van der Waals surface area contributed by atoms with E-state index in [2.05, 4.69) is 5.32 Å². The van der Waals surface area contributed by atoms with Crippen molar-refractivity contribution in [3.05, 3.63) is 89.6 Å². The number of aryl methyl sites for hydroxylation is 2. The lowest BCUT2D eigenvalue weighted by atomic mass is 9.99. The van der Waals surface area contributed by atoms with Gasteiger partial charge in [0.25, 0.3) is 6.04 Å². The lowest BCUT2D eigenvalue weighted by Crippen LogP contribution is -2.51. The molecule has 0 fully saturated rings. The third-order valence-corrected chi connectivity index (χ3v) is 4.71. The zero-order valence-electron chi connectivity index (χ0n) is 14.8. The number of rotatable bonds is 6. The number of nitrogens with zero attached hydrogens (tertiary/aromatic N) is 1. The van der Waals surface area contributed by atoms with E-state index in [0.717, 1.165) is 16.9 Å². The summed E-state index contributed by atoms with van der Waals surface area (Å²) in [4.78, 5) is 13.7. The highest BCUT2D eigenvalue weighted by Crippen LogP contribution is 2.15. The summed E-state index contributed by atoms with van der Waals surface area (Å²) in [6.07, 6.45) is 5.32. The van der Waals surface area contributed by atoms with Gasteiger partial charge >= 0.3 is 0 Å². The Morgan fingerprint density at radius 2 is 1.88 bits per heavy atom. The molecule has 0 bridgehead atoms. The first kappa shape index (κ1) is 18.0. The van der Waals surface area contributed by atoms with Gasteiger partial charge in [-0.1, -0.05) is 30.4 Å². The van der Waals surface area contributed by atoms with Crippen LogP contribution in [0.5, 0.6) is 0 Å². The monoisotopic (exact) mass is 365 g/mol. The summed E-state index contributed by atoms with van der Waals surface area (Å²) in [5.74, 6) is 0.726. The van der Waals surface area contributed by atoms with Crippen molar-refractivity contribution in [2.45, 2.75) is 26.4 Å². The van der Waals surface area contributed by atoms with Crippen molar-refractivity contribution < 1.29 is 13.8 Å². The minimum atomic E-state index is -0.608. The third-order valence-electron chi connectivity index (χ3n) is 4.34. The van der Waals surface area contributed by atoms with Crippen LogP contribution in [-0.2, 0) is 6.54 Å². The van der Waals surface area contributed by atoms with Crippen LogP contribution < -0.4 is 9.88 Å². The smallest absolute Gasteiger partial charge is 0.270 e. The summed E-state index contributed by atoms with van der Waals surface area (Å²) in [5.41, 5.74) is 2.89. The average molecular weight is 365 g/mol. The van der Waals surface area contributed by atoms with Crippen LogP contribution in [0.3, 0.4) is 0 Å². The maximum atomic E-state index is 13.2. The van der Waals surface area contributed by atoms with Crippen LogP contribution in [-0.4, -0.2) is 10.8 Å². The molecule has 2 aromatic heterocycles. The van der Waals surface area contributed by atoms with Gasteiger partial charge in [0.15, 0.2) is 17.4 Å². The van der Waals surface area contributed by atoms with E-state index in [0.29, 0.717) is 17.1 Å². The van der Waals surface area contributed by atoms with Gasteiger partial charge in [0, 0.05) is 17.7 Å². The van der Waals surface area contributed by atoms with E-state index in [1.807, 2.05) is 79.3 Å². The van der Waals surface area contributed by atoms with Crippen molar-refractivity contribution in [1.29, 1.82) is 0 Å². The Morgan fingerprint density at radius 1 is 1.12 bits per heavy atom. The number of furan rings is 1. The van der Waals surface area contributed by atoms with Gasteiger partial charge in [0.05, 0.1) is 12.8 Å². The number of pyridine rings is 1. The number of thiocarbonyl (C=S) groups is 1. The van der Waals surface area contributed by atoms with Crippen molar-refractivity contribution in [2.24, 2.45) is 0 Å². The highest BCUT2D eigenvalue weighted by atomic mass is 32.1. The Bertz CT molecular complexity index is 905. The molecule has 0 radical (unpaired) electrons. The number of hydrogen-bond donors (Lipinski definition) is 1. The van der Waals surface area contributed by atoms with Gasteiger partial charge in [-0.05, 0) is 43.2 Å². The fraction of sp³-hybridized carbons (Fsp3) is 0.190. The van der Waals surface area contributed by atoms with E-state index in [1.165, 1.54) is 0 Å². The SMILES string of the molecule is Cc1ccc(C(=O)[C@H](C(=S)NCc2ccco2)[n+]2ccccc2)cc1C. The number of benzene rings is 1. The molecule has 0 aliphatic rings. The summed E-state index contributed by atoms with van der Waals surface area (Å²) in [7, 11) is 0. The molecule has 0 unspecified atom stereocenters. The first-order chi connectivity index (χ1) is 12.6. The minimum absolute atomic E-state index is 0.0405. The summed E-state index contributed by atoms with van der Waals surface area (Å²) in [5, 5.41) is 3.16. The molecule has 3 rings (SSSR count). The van der Waals surface area contributed by atoms with Gasteiger partial charge in [-0.2, -0.15) is 4.57 Å². The summed E-state index contributed by atoms with van der Waals surface area (Å²) >= 11 is 5.57. The highest BCUT2D eigenvalue weighted by molar-refractivity contribution is 7.80. The van der Waals surface area contributed by atoms with Gasteiger partial charge in [-0.3, -0.25) is 4.79 Å². The molecule has 5 heteroatoms. The van der Waals surface area contributed by atoms with E-state index < -0.39 is 6.04 Å². The minimum Gasteiger partial charge on any atom is -0.467 e. The van der Waals surface area contributed by atoms with Crippen LogP contribution in [0.25, 0.3) is 0 Å². The van der Waals surface area contributed by atoms with Crippen molar-refractivity contribution in [3.8, 4) is 0 Å². The summed E-state index contributed by atoms with van der Waals surface area (Å²) < 4.78 is 7.16. The maximum Gasteiger partial charge on any atom is 0.270 e. The molecule has 0 amide bonds. The maximum absolute atomic E-state index is 13.2. The first-order valence-corrected chi connectivity index (χ1v) is 8.84. The molecule has 0 spiro atoms. The molecule has 26 heavy (non-hydrogen) atoms. The van der Waals surface area contributed by atoms with E-state index in [1.54, 1.807) is 6.26 Å². The Labute approximate surface area is 158 Å².